The van der Waals surface area contributed by atoms with E-state index in [1.54, 1.807) is 50.2 Å². The number of hydrogen-bond acceptors (Lipinski definition) is 14. The van der Waals surface area contributed by atoms with Gasteiger partial charge in [-0.15, -0.1) is 0 Å². The van der Waals surface area contributed by atoms with Crippen LogP contribution in [0.25, 0.3) is 23.3 Å². The van der Waals surface area contributed by atoms with Crippen molar-refractivity contribution in [3.05, 3.63) is 111 Å². The lowest BCUT2D eigenvalue weighted by Gasteiger charge is -2.17. The topological polar surface area (TPSA) is 300 Å². The van der Waals surface area contributed by atoms with E-state index in [9.17, 15) is 61.5 Å². The molecule has 2 aliphatic carbocycles. The second kappa shape index (κ2) is 14.1. The van der Waals surface area contributed by atoms with Crippen molar-refractivity contribution in [3.63, 3.8) is 0 Å². The predicted molar refractivity (Wildman–Crippen MR) is 203 cm³/mol. The summed E-state index contributed by atoms with van der Waals surface area (Å²) in [6.07, 6.45) is 2.90. The van der Waals surface area contributed by atoms with Gasteiger partial charge in [0, 0.05) is 11.1 Å². The molecule has 0 spiro atoms. The number of hydrogen-bond donors (Lipinski definition) is 6. The zero-order valence-corrected chi connectivity index (χ0v) is 31.7. The Morgan fingerprint density at radius 2 is 1.09 bits per heavy atom. The summed E-state index contributed by atoms with van der Waals surface area (Å²) in [5.41, 5.74) is 7.20. The lowest BCUT2D eigenvalue weighted by atomic mass is 9.94. The minimum Gasteiger partial charge on any atom is -0.287 e. The van der Waals surface area contributed by atoms with Crippen molar-refractivity contribution in [2.75, 3.05) is 10.9 Å². The van der Waals surface area contributed by atoms with Crippen LogP contribution in [0.15, 0.2) is 103 Å². The Morgan fingerprint density at radius 3 is 1.59 bits per heavy atom. The number of benzene rings is 4. The molecule has 6 rings (SSSR count). The smallest absolute Gasteiger partial charge is 0.287 e. The van der Waals surface area contributed by atoms with Gasteiger partial charge < -0.3 is 0 Å². The first-order chi connectivity index (χ1) is 25.9. The van der Waals surface area contributed by atoms with E-state index in [-0.39, 0.29) is 22.3 Å². The van der Waals surface area contributed by atoms with E-state index >= 15 is 0 Å². The first-order valence-electron chi connectivity index (χ1n) is 15.5. The van der Waals surface area contributed by atoms with Crippen molar-refractivity contribution < 1.29 is 61.5 Å². The third-order valence-corrected chi connectivity index (χ3v) is 11.9. The standard InChI is InChI=1S/C34H26N4O14S4/c1-17-11-19(3-8-26(17)35-37-32-25-7-6-23(53(41,42)43)14-22(25)15-30(34(32)40)56(50,51)52)20-4-9-27(18(2)12-20)36-38-33-28(39)10-5-21-13-24(54(44,45)46)16-29(31(21)33)55(47,48)49/h3-16,35-36H,1-2H3,(H,41,42,43)(H,44,45,46)(H,47,48,49)(H,50,51,52). The Balaban J connectivity index is 1.27. The monoisotopic (exact) mass is 842 g/mol. The quantitative estimate of drug-likeness (QED) is 0.103. The number of carbonyl (C=O) groups is 2. The minimum absolute atomic E-state index is 0.0181. The molecule has 0 amide bonds. The van der Waals surface area contributed by atoms with E-state index in [0.717, 1.165) is 42.5 Å². The molecule has 4 aromatic carbocycles. The van der Waals surface area contributed by atoms with Gasteiger partial charge in [-0.1, -0.05) is 24.3 Å². The molecule has 0 heterocycles. The summed E-state index contributed by atoms with van der Waals surface area (Å²) < 4.78 is 134. The molecule has 0 aromatic heterocycles. The number of nitrogens with zero attached hydrogens (tertiary/aromatic N) is 2. The van der Waals surface area contributed by atoms with Gasteiger partial charge in [-0.3, -0.25) is 38.7 Å². The number of Topliss-reactive ketones (excluding diaryl/α,β-unsaturated/α-hetero) is 1. The van der Waals surface area contributed by atoms with Crippen LogP contribution in [-0.4, -0.2) is 74.9 Å². The molecule has 18 nitrogen and oxygen atoms in total. The van der Waals surface area contributed by atoms with Crippen molar-refractivity contribution in [1.29, 1.82) is 0 Å². The average Bonchev–Trinajstić information content (AvgIpc) is 3.09. The molecule has 22 heteroatoms. The molecule has 0 saturated carbocycles. The average molecular weight is 843 g/mol. The molecule has 0 fully saturated rings. The third-order valence-electron chi connectivity index (χ3n) is 8.51. The molecule has 0 aliphatic heterocycles. The fraction of sp³-hybridized carbons (Fsp3) is 0.0588. The largest absolute Gasteiger partial charge is 0.298 e. The van der Waals surface area contributed by atoms with Gasteiger partial charge in [0.15, 0.2) is 0 Å². The molecule has 0 saturated heterocycles. The molecule has 0 radical (unpaired) electrons. The van der Waals surface area contributed by atoms with Crippen molar-refractivity contribution in [3.8, 4) is 11.1 Å². The van der Waals surface area contributed by atoms with Crippen LogP contribution < -0.4 is 10.9 Å². The summed E-state index contributed by atoms with van der Waals surface area (Å²) in [6, 6.07) is 14.6. The molecule has 0 bridgehead atoms. The van der Waals surface area contributed by atoms with Crippen LogP contribution in [0, 0.1) is 13.8 Å². The summed E-state index contributed by atoms with van der Waals surface area (Å²) in [7, 11) is -19.8. The highest BCUT2D eigenvalue weighted by Gasteiger charge is 2.34. The predicted octanol–water partition coefficient (Wildman–Crippen LogP) is 3.75. The SMILES string of the molecule is Cc1cc(-c2ccc(NN=C3C(=O)C=Cc4cc(S(=O)(=O)O)cc(S(=O)(=O)O)c43)c(C)c2)ccc1NN=C1C(=O)C(S(=O)(=O)O)=Cc2cc(S(=O)(=O)O)ccc21. The van der Waals surface area contributed by atoms with Crippen LogP contribution in [0.2, 0.25) is 0 Å². The molecule has 6 N–H and O–H groups in total. The number of ketones is 2. The van der Waals surface area contributed by atoms with Gasteiger partial charge in [0.25, 0.3) is 40.5 Å². The number of nitrogens with one attached hydrogen (secondary N) is 2. The summed E-state index contributed by atoms with van der Waals surface area (Å²) in [6.45, 7) is 3.41. The summed E-state index contributed by atoms with van der Waals surface area (Å²) in [5, 5.41) is 8.17. The number of hydrazone groups is 2. The third kappa shape index (κ3) is 7.98. The van der Waals surface area contributed by atoms with Gasteiger partial charge in [0.1, 0.15) is 21.2 Å². The zero-order valence-electron chi connectivity index (χ0n) is 28.5. The van der Waals surface area contributed by atoms with Gasteiger partial charge in [0.05, 0.1) is 21.2 Å². The first kappa shape index (κ1) is 40.0. The second-order valence-corrected chi connectivity index (χ2v) is 17.9. The van der Waals surface area contributed by atoms with Crippen molar-refractivity contribution in [2.45, 2.75) is 28.5 Å². The van der Waals surface area contributed by atoms with Crippen LogP contribution in [0.1, 0.15) is 33.4 Å². The van der Waals surface area contributed by atoms with Crippen LogP contribution in [0.4, 0.5) is 11.4 Å². The molecular formula is C34H26N4O14S4. The Bertz CT molecular complexity index is 3020. The van der Waals surface area contributed by atoms with Gasteiger partial charge in [-0.2, -0.15) is 43.9 Å². The normalized spacial score (nSPS) is 16.1. The maximum atomic E-state index is 13.1. The number of carbonyl (C=O) groups excluding carboxylic acids is 2. The summed E-state index contributed by atoms with van der Waals surface area (Å²) in [5.74, 6) is -1.94. The van der Waals surface area contributed by atoms with E-state index in [4.69, 9.17) is 0 Å². The molecule has 290 valence electrons. The van der Waals surface area contributed by atoms with Crippen LogP contribution >= 0.6 is 0 Å². The van der Waals surface area contributed by atoms with Crippen LogP contribution in [0.3, 0.4) is 0 Å². The Kier molecular flexibility index (Phi) is 10.1. The number of allylic oxidation sites excluding steroid dienone is 2. The highest BCUT2D eigenvalue weighted by molar-refractivity contribution is 7.91. The van der Waals surface area contributed by atoms with E-state index in [0.29, 0.717) is 39.7 Å². The van der Waals surface area contributed by atoms with Crippen molar-refractivity contribution >= 4 is 87.0 Å². The molecule has 4 aromatic rings. The van der Waals surface area contributed by atoms with Crippen LogP contribution in [0.5, 0.6) is 0 Å². The van der Waals surface area contributed by atoms with E-state index in [1.165, 1.54) is 0 Å². The number of fused-ring (bicyclic) bond motifs is 2. The Labute approximate surface area is 319 Å². The van der Waals surface area contributed by atoms with Gasteiger partial charge in [0.2, 0.25) is 11.6 Å². The Hall–Kier alpha value is -5.72. The van der Waals surface area contributed by atoms with E-state index in [1.807, 2.05) is 0 Å². The molecule has 56 heavy (non-hydrogen) atoms. The molecular weight excluding hydrogens is 817 g/mol. The van der Waals surface area contributed by atoms with E-state index in [2.05, 4.69) is 21.1 Å². The zero-order chi connectivity index (χ0) is 41.1. The molecule has 0 unspecified atom stereocenters. The van der Waals surface area contributed by atoms with Crippen molar-refractivity contribution in [2.24, 2.45) is 10.2 Å². The van der Waals surface area contributed by atoms with Crippen LogP contribution in [-0.2, 0) is 50.1 Å². The maximum Gasteiger partial charge on any atom is 0.298 e. The lowest BCUT2D eigenvalue weighted by Crippen LogP contribution is -2.27. The lowest BCUT2D eigenvalue weighted by molar-refractivity contribution is -0.109. The second-order valence-electron chi connectivity index (χ2n) is 12.3. The molecule has 0 atom stereocenters. The van der Waals surface area contributed by atoms with Gasteiger partial charge in [-0.05, 0) is 108 Å². The minimum atomic E-state index is -5.11. The number of rotatable bonds is 9. The van der Waals surface area contributed by atoms with Crippen molar-refractivity contribution in [1.82, 2.24) is 0 Å². The van der Waals surface area contributed by atoms with Gasteiger partial charge >= 0.3 is 0 Å². The fourth-order valence-corrected chi connectivity index (χ4v) is 8.27. The van der Waals surface area contributed by atoms with Gasteiger partial charge in [-0.25, -0.2) is 0 Å². The summed E-state index contributed by atoms with van der Waals surface area (Å²) in [4.78, 5) is 22.5. The summed E-state index contributed by atoms with van der Waals surface area (Å²) >= 11 is 0. The fourth-order valence-electron chi connectivity index (χ4n) is 5.78. The number of anilines is 2. The highest BCUT2D eigenvalue weighted by atomic mass is 32.2. The van der Waals surface area contributed by atoms with E-state index < -0.39 is 83.1 Å². The first-order valence-corrected chi connectivity index (χ1v) is 21.3. The maximum absolute atomic E-state index is 13.1. The number of aryl methyl sites for hydroxylation is 2. The Morgan fingerprint density at radius 1 is 0.554 bits per heavy atom. The highest BCUT2D eigenvalue weighted by Crippen LogP contribution is 2.32. The molecule has 2 aliphatic rings.